The Morgan fingerprint density at radius 3 is 2.33 bits per heavy atom. The van der Waals surface area contributed by atoms with Crippen LogP contribution in [0.3, 0.4) is 0 Å². The van der Waals surface area contributed by atoms with E-state index in [9.17, 15) is 4.79 Å². The van der Waals surface area contributed by atoms with Crippen molar-refractivity contribution in [2.45, 2.75) is 132 Å². The summed E-state index contributed by atoms with van der Waals surface area (Å²) < 4.78 is 5.70. The van der Waals surface area contributed by atoms with Crippen LogP contribution in [0, 0.1) is 57.2 Å². The van der Waals surface area contributed by atoms with Crippen molar-refractivity contribution in [1.29, 1.82) is 0 Å². The Morgan fingerprint density at radius 1 is 0.879 bits per heavy atom. The van der Waals surface area contributed by atoms with Gasteiger partial charge in [-0.2, -0.15) is 0 Å². The molecule has 5 fully saturated rings. The second kappa shape index (κ2) is 7.99. The molecule has 188 valence electrons. The first kappa shape index (κ1) is 24.2. The summed E-state index contributed by atoms with van der Waals surface area (Å²) in [4.78, 5) is 11.6. The number of fused-ring (bicyclic) bond motifs is 2. The van der Waals surface area contributed by atoms with Crippen molar-refractivity contribution in [3.05, 3.63) is 0 Å². The Labute approximate surface area is 204 Å². The molecule has 0 heterocycles. The van der Waals surface area contributed by atoms with Gasteiger partial charge in [0, 0.05) is 6.92 Å². The molecule has 5 saturated carbocycles. The summed E-state index contributed by atoms with van der Waals surface area (Å²) in [6, 6.07) is 0. The molecule has 0 amide bonds. The molecule has 0 N–H and O–H groups in total. The number of carbonyl (C=O) groups is 1. The molecule has 0 radical (unpaired) electrons. The van der Waals surface area contributed by atoms with Crippen LogP contribution in [-0.2, 0) is 9.53 Å². The van der Waals surface area contributed by atoms with Gasteiger partial charge in [-0.25, -0.2) is 0 Å². The van der Waals surface area contributed by atoms with Gasteiger partial charge in [0.05, 0.1) is 0 Å². The molecule has 5 rings (SSSR count). The Balaban J connectivity index is 1.32. The van der Waals surface area contributed by atoms with Gasteiger partial charge in [0.25, 0.3) is 0 Å². The van der Waals surface area contributed by atoms with Crippen molar-refractivity contribution in [2.24, 2.45) is 57.2 Å². The van der Waals surface area contributed by atoms with Crippen LogP contribution >= 0.6 is 0 Å². The van der Waals surface area contributed by atoms with Gasteiger partial charge in [-0.3, -0.25) is 4.79 Å². The molecular weight excluding hydrogens is 404 g/mol. The minimum absolute atomic E-state index is 0.0787. The zero-order chi connectivity index (χ0) is 23.8. The van der Waals surface area contributed by atoms with Gasteiger partial charge in [0.15, 0.2) is 0 Å². The minimum Gasteiger partial charge on any atom is -0.463 e. The summed E-state index contributed by atoms with van der Waals surface area (Å²) in [7, 11) is 0. The Hall–Kier alpha value is -0.530. The summed E-state index contributed by atoms with van der Waals surface area (Å²) >= 11 is 0. The summed E-state index contributed by atoms with van der Waals surface area (Å²) in [5, 5.41) is 0. The molecule has 5 aliphatic rings. The molecule has 0 aliphatic heterocycles. The monoisotopic (exact) mass is 456 g/mol. The lowest BCUT2D eigenvalue weighted by molar-refractivity contribution is -0.156. The fraction of sp³-hybridized carbons (Fsp3) is 0.968. The quantitative estimate of drug-likeness (QED) is 0.375. The third kappa shape index (κ3) is 3.34. The SMILES string of the molecule is CC(=O)O[C@H]1CC[C@]23C[C@]24CC[C@]2(C)[C@@H]([C@H](C)CC[C@@H](C)C(C)C)CC[C@@]2(C)[C@@H]4CC[C@H]3C1. The van der Waals surface area contributed by atoms with Gasteiger partial charge < -0.3 is 4.74 Å². The smallest absolute Gasteiger partial charge is 0.302 e. The zero-order valence-corrected chi connectivity index (χ0v) is 22.8. The van der Waals surface area contributed by atoms with Crippen molar-refractivity contribution < 1.29 is 9.53 Å². The number of rotatable bonds is 6. The van der Waals surface area contributed by atoms with Crippen LogP contribution in [0.4, 0.5) is 0 Å². The highest BCUT2D eigenvalue weighted by Gasteiger charge is 2.80. The van der Waals surface area contributed by atoms with Crippen LogP contribution in [0.1, 0.15) is 126 Å². The largest absolute Gasteiger partial charge is 0.463 e. The molecular formula is C31H52O2. The number of hydrogen-bond acceptors (Lipinski definition) is 2. The topological polar surface area (TPSA) is 26.3 Å². The second-order valence-corrected chi connectivity index (χ2v) is 14.6. The van der Waals surface area contributed by atoms with Crippen molar-refractivity contribution in [2.75, 3.05) is 0 Å². The fourth-order valence-electron chi connectivity index (χ4n) is 11.0. The molecule has 0 unspecified atom stereocenters. The molecule has 0 saturated heterocycles. The van der Waals surface area contributed by atoms with E-state index in [0.29, 0.717) is 21.7 Å². The molecule has 0 aromatic carbocycles. The lowest BCUT2D eigenvalue weighted by atomic mass is 9.43. The van der Waals surface area contributed by atoms with E-state index < -0.39 is 0 Å². The molecule has 2 heteroatoms. The Kier molecular flexibility index (Phi) is 5.85. The van der Waals surface area contributed by atoms with Crippen LogP contribution in [0.25, 0.3) is 0 Å². The van der Waals surface area contributed by atoms with Crippen LogP contribution < -0.4 is 0 Å². The summed E-state index contributed by atoms with van der Waals surface area (Å²) in [6.07, 6.45) is 16.9. The summed E-state index contributed by atoms with van der Waals surface area (Å²) in [5.74, 6) is 5.14. The second-order valence-electron chi connectivity index (χ2n) is 14.6. The average Bonchev–Trinajstić information content (AvgIpc) is 3.33. The van der Waals surface area contributed by atoms with Gasteiger partial charge in [-0.1, -0.05) is 54.4 Å². The third-order valence-corrected chi connectivity index (χ3v) is 13.4. The van der Waals surface area contributed by atoms with E-state index in [1.807, 2.05) is 0 Å². The predicted molar refractivity (Wildman–Crippen MR) is 136 cm³/mol. The van der Waals surface area contributed by atoms with Gasteiger partial charge in [0.2, 0.25) is 0 Å². The number of esters is 1. The highest BCUT2D eigenvalue weighted by Crippen LogP contribution is 2.87. The van der Waals surface area contributed by atoms with Crippen molar-refractivity contribution >= 4 is 5.97 Å². The van der Waals surface area contributed by atoms with Crippen molar-refractivity contribution in [3.8, 4) is 0 Å². The first-order valence-corrected chi connectivity index (χ1v) is 14.7. The maximum absolute atomic E-state index is 11.6. The first-order chi connectivity index (χ1) is 15.5. The molecule has 2 spiro atoms. The molecule has 2 nitrogen and oxygen atoms in total. The highest BCUT2D eigenvalue weighted by molar-refractivity contribution is 5.66. The lowest BCUT2D eigenvalue weighted by Crippen LogP contribution is -2.55. The van der Waals surface area contributed by atoms with E-state index in [1.54, 1.807) is 6.92 Å². The van der Waals surface area contributed by atoms with Gasteiger partial charge in [-0.15, -0.1) is 0 Å². The molecule has 0 bridgehead atoms. The van der Waals surface area contributed by atoms with E-state index in [4.69, 9.17) is 4.74 Å². The predicted octanol–water partition coefficient (Wildman–Crippen LogP) is 8.43. The van der Waals surface area contributed by atoms with Crippen LogP contribution in [0.5, 0.6) is 0 Å². The van der Waals surface area contributed by atoms with E-state index in [1.165, 1.54) is 64.2 Å². The maximum atomic E-state index is 11.6. The highest BCUT2D eigenvalue weighted by atomic mass is 16.5. The summed E-state index contributed by atoms with van der Waals surface area (Å²) in [6.45, 7) is 16.9. The average molecular weight is 457 g/mol. The molecule has 0 aromatic rings. The van der Waals surface area contributed by atoms with E-state index >= 15 is 0 Å². The van der Waals surface area contributed by atoms with Crippen molar-refractivity contribution in [1.82, 2.24) is 0 Å². The molecule has 0 aromatic heterocycles. The normalized spacial score (nSPS) is 49.9. The van der Waals surface area contributed by atoms with Gasteiger partial charge >= 0.3 is 5.97 Å². The Bertz CT molecular complexity index is 773. The maximum Gasteiger partial charge on any atom is 0.302 e. The van der Waals surface area contributed by atoms with Crippen molar-refractivity contribution in [3.63, 3.8) is 0 Å². The first-order valence-electron chi connectivity index (χ1n) is 14.7. The molecule has 10 atom stereocenters. The van der Waals surface area contributed by atoms with Crippen LogP contribution in [-0.4, -0.2) is 12.1 Å². The lowest BCUT2D eigenvalue weighted by Gasteiger charge is -2.61. The minimum atomic E-state index is -0.0787. The number of hydrogen-bond donors (Lipinski definition) is 0. The van der Waals surface area contributed by atoms with Crippen LogP contribution in [0.2, 0.25) is 0 Å². The van der Waals surface area contributed by atoms with Gasteiger partial charge in [-0.05, 0) is 121 Å². The van der Waals surface area contributed by atoms with Gasteiger partial charge in [0.1, 0.15) is 6.10 Å². The molecule has 5 aliphatic carbocycles. The van der Waals surface area contributed by atoms with Crippen LogP contribution in [0.15, 0.2) is 0 Å². The third-order valence-electron chi connectivity index (χ3n) is 13.4. The van der Waals surface area contributed by atoms with E-state index in [2.05, 4.69) is 41.5 Å². The Morgan fingerprint density at radius 2 is 1.64 bits per heavy atom. The van der Waals surface area contributed by atoms with E-state index in [0.717, 1.165) is 48.3 Å². The standard InChI is InChI=1S/C31H52O2/c1-20(2)21(3)8-9-22(4)26-13-14-29(7)27-11-10-24-18-25(33-23(5)32)12-15-30(24)19-31(27,30)17-16-28(26,29)6/h20-22,24-27H,8-19H2,1-7H3/t21-,22-,24+,25+,26-,27+,28-,29+,30-,31+/m1/s1. The van der Waals surface area contributed by atoms with E-state index in [-0.39, 0.29) is 12.1 Å². The fourth-order valence-corrected chi connectivity index (χ4v) is 11.0. The summed E-state index contributed by atoms with van der Waals surface area (Å²) in [5.41, 5.74) is 2.31. The number of ether oxygens (including phenoxy) is 1. The molecule has 33 heavy (non-hydrogen) atoms. The zero-order valence-electron chi connectivity index (χ0n) is 22.8. The number of carbonyl (C=O) groups excluding carboxylic acids is 1.